The molecule has 0 saturated heterocycles. The fraction of sp³-hybridized carbons (Fsp3) is 0.421. The zero-order valence-corrected chi connectivity index (χ0v) is 16.1. The van der Waals surface area contributed by atoms with E-state index >= 15 is 0 Å². The average molecular weight is 356 g/mol. The van der Waals surface area contributed by atoms with E-state index in [2.05, 4.69) is 12.0 Å². The molecule has 0 aliphatic heterocycles. The van der Waals surface area contributed by atoms with Gasteiger partial charge in [-0.15, -0.1) is 11.3 Å². The van der Waals surface area contributed by atoms with E-state index in [0.29, 0.717) is 12.1 Å². The highest BCUT2D eigenvalue weighted by Crippen LogP contribution is 2.30. The van der Waals surface area contributed by atoms with Gasteiger partial charge in [0.15, 0.2) is 5.65 Å². The predicted molar refractivity (Wildman–Crippen MR) is 103 cm³/mol. The Balaban J connectivity index is 2.16. The van der Waals surface area contributed by atoms with Gasteiger partial charge in [-0.2, -0.15) is 5.10 Å². The first-order valence-electron chi connectivity index (χ1n) is 8.74. The monoisotopic (exact) mass is 356 g/mol. The molecule has 0 spiro atoms. The molecular weight excluding hydrogens is 332 g/mol. The number of thiophene rings is 1. The number of carbonyl (C=O) groups excluding carboxylic acids is 1. The topological polar surface area (TPSA) is 51.0 Å². The number of rotatable bonds is 6. The van der Waals surface area contributed by atoms with Crippen molar-refractivity contribution < 1.29 is 4.79 Å². The summed E-state index contributed by atoms with van der Waals surface area (Å²) in [6.45, 7) is 7.60. The normalized spacial score (nSPS) is 11.2. The van der Waals surface area contributed by atoms with E-state index in [-0.39, 0.29) is 5.91 Å². The van der Waals surface area contributed by atoms with Crippen LogP contribution in [0.15, 0.2) is 23.6 Å². The van der Waals surface area contributed by atoms with Gasteiger partial charge in [0.25, 0.3) is 5.91 Å². The molecule has 0 saturated carbocycles. The molecule has 25 heavy (non-hydrogen) atoms. The summed E-state index contributed by atoms with van der Waals surface area (Å²) in [5, 5.41) is 7.38. The summed E-state index contributed by atoms with van der Waals surface area (Å²) in [5.41, 5.74) is 3.15. The van der Waals surface area contributed by atoms with E-state index in [0.717, 1.165) is 46.7 Å². The smallest absolute Gasteiger partial charge is 0.254 e. The largest absolute Gasteiger partial charge is 0.339 e. The van der Waals surface area contributed by atoms with E-state index < -0.39 is 0 Å². The Morgan fingerprint density at radius 2 is 2.16 bits per heavy atom. The van der Waals surface area contributed by atoms with Crippen molar-refractivity contribution in [2.75, 3.05) is 13.1 Å². The Bertz CT molecular complexity index is 883. The highest BCUT2D eigenvalue weighted by atomic mass is 32.1. The second-order valence-electron chi connectivity index (χ2n) is 6.18. The van der Waals surface area contributed by atoms with Gasteiger partial charge in [0.05, 0.1) is 27.2 Å². The molecule has 0 bridgehead atoms. The van der Waals surface area contributed by atoms with E-state index in [1.807, 2.05) is 49.4 Å². The SMILES string of the molecule is CCCCN(CC)C(=O)c1cc(-c2cccs2)nc2c1c(C)nn2C. The first-order valence-corrected chi connectivity index (χ1v) is 9.62. The first kappa shape index (κ1) is 17.6. The zero-order chi connectivity index (χ0) is 18.0. The minimum atomic E-state index is 0.0669. The van der Waals surface area contributed by atoms with Gasteiger partial charge in [0.1, 0.15) is 0 Å². The van der Waals surface area contributed by atoms with Gasteiger partial charge in [0.2, 0.25) is 0 Å². The van der Waals surface area contributed by atoms with Crippen LogP contribution in [-0.2, 0) is 7.05 Å². The lowest BCUT2D eigenvalue weighted by Crippen LogP contribution is -2.32. The highest BCUT2D eigenvalue weighted by Gasteiger charge is 2.22. The standard InChI is InChI=1S/C19H24N4OS/c1-5-7-10-23(6-2)19(24)14-12-15(16-9-8-11-25-16)20-18-17(14)13(3)21-22(18)4/h8-9,11-12H,5-7,10H2,1-4H3. The van der Waals surface area contributed by atoms with Crippen LogP contribution in [0, 0.1) is 6.92 Å². The molecule has 0 radical (unpaired) electrons. The number of amides is 1. The molecular formula is C19H24N4OS. The van der Waals surface area contributed by atoms with Crippen LogP contribution in [0.5, 0.6) is 0 Å². The number of aromatic nitrogens is 3. The summed E-state index contributed by atoms with van der Waals surface area (Å²) < 4.78 is 1.76. The minimum absolute atomic E-state index is 0.0669. The van der Waals surface area contributed by atoms with Crippen LogP contribution in [0.4, 0.5) is 0 Å². The molecule has 6 heteroatoms. The molecule has 3 aromatic heterocycles. The van der Waals surface area contributed by atoms with E-state index in [1.165, 1.54) is 0 Å². The van der Waals surface area contributed by atoms with Crippen molar-refractivity contribution in [1.82, 2.24) is 19.7 Å². The van der Waals surface area contributed by atoms with Crippen molar-refractivity contribution in [1.29, 1.82) is 0 Å². The van der Waals surface area contributed by atoms with Crippen molar-refractivity contribution in [3.63, 3.8) is 0 Å². The zero-order valence-electron chi connectivity index (χ0n) is 15.2. The molecule has 0 unspecified atom stereocenters. The fourth-order valence-corrected chi connectivity index (χ4v) is 3.77. The highest BCUT2D eigenvalue weighted by molar-refractivity contribution is 7.13. The van der Waals surface area contributed by atoms with Crippen molar-refractivity contribution in [2.45, 2.75) is 33.6 Å². The molecule has 3 rings (SSSR count). The molecule has 3 heterocycles. The van der Waals surface area contributed by atoms with Crippen LogP contribution < -0.4 is 0 Å². The van der Waals surface area contributed by atoms with Gasteiger partial charge in [-0.3, -0.25) is 9.48 Å². The lowest BCUT2D eigenvalue weighted by Gasteiger charge is -2.21. The van der Waals surface area contributed by atoms with Crippen LogP contribution in [0.1, 0.15) is 42.7 Å². The first-order chi connectivity index (χ1) is 12.1. The Labute approximate surface area is 152 Å². The molecule has 0 aromatic carbocycles. The van der Waals surface area contributed by atoms with Gasteiger partial charge in [0, 0.05) is 20.1 Å². The summed E-state index contributed by atoms with van der Waals surface area (Å²) in [6, 6.07) is 5.96. The van der Waals surface area contributed by atoms with Crippen molar-refractivity contribution in [3.05, 3.63) is 34.8 Å². The number of nitrogens with zero attached hydrogens (tertiary/aromatic N) is 4. The number of carbonyl (C=O) groups is 1. The Kier molecular flexibility index (Phi) is 5.18. The number of pyridine rings is 1. The van der Waals surface area contributed by atoms with Crippen LogP contribution in [0.3, 0.4) is 0 Å². The molecule has 0 N–H and O–H groups in total. The lowest BCUT2D eigenvalue weighted by atomic mass is 10.1. The van der Waals surface area contributed by atoms with Crippen LogP contribution >= 0.6 is 11.3 Å². The lowest BCUT2D eigenvalue weighted by molar-refractivity contribution is 0.0764. The third kappa shape index (κ3) is 3.31. The van der Waals surface area contributed by atoms with Crippen molar-refractivity contribution >= 4 is 28.3 Å². The molecule has 0 fully saturated rings. The number of unbranched alkanes of at least 4 members (excludes halogenated alkanes) is 1. The quantitative estimate of drug-likeness (QED) is 0.663. The molecule has 132 valence electrons. The molecule has 5 nitrogen and oxygen atoms in total. The number of hydrogen-bond donors (Lipinski definition) is 0. The van der Waals surface area contributed by atoms with Crippen molar-refractivity contribution in [3.8, 4) is 10.6 Å². The maximum absolute atomic E-state index is 13.2. The third-order valence-electron chi connectivity index (χ3n) is 4.42. The van der Waals surface area contributed by atoms with Crippen LogP contribution in [0.25, 0.3) is 21.6 Å². The van der Waals surface area contributed by atoms with Gasteiger partial charge in [-0.05, 0) is 37.8 Å². The van der Waals surface area contributed by atoms with Gasteiger partial charge in [-0.1, -0.05) is 19.4 Å². The second kappa shape index (κ2) is 7.35. The average Bonchev–Trinajstić information content (AvgIpc) is 3.24. The minimum Gasteiger partial charge on any atom is -0.339 e. The molecule has 0 aliphatic carbocycles. The second-order valence-corrected chi connectivity index (χ2v) is 7.13. The van der Waals surface area contributed by atoms with Gasteiger partial charge >= 0.3 is 0 Å². The summed E-state index contributed by atoms with van der Waals surface area (Å²) in [7, 11) is 1.88. The Morgan fingerprint density at radius 1 is 1.36 bits per heavy atom. The number of hydrogen-bond acceptors (Lipinski definition) is 4. The van der Waals surface area contributed by atoms with Gasteiger partial charge < -0.3 is 4.90 Å². The summed E-state index contributed by atoms with van der Waals surface area (Å²) in [5.74, 6) is 0.0669. The number of aryl methyl sites for hydroxylation is 2. The maximum Gasteiger partial charge on any atom is 0.254 e. The molecule has 0 aliphatic rings. The van der Waals surface area contributed by atoms with Crippen LogP contribution in [0.2, 0.25) is 0 Å². The summed E-state index contributed by atoms with van der Waals surface area (Å²) >= 11 is 1.63. The number of fused-ring (bicyclic) bond motifs is 1. The van der Waals surface area contributed by atoms with Gasteiger partial charge in [-0.25, -0.2) is 4.98 Å². The fourth-order valence-electron chi connectivity index (χ4n) is 3.09. The van der Waals surface area contributed by atoms with E-state index in [1.54, 1.807) is 16.0 Å². The summed E-state index contributed by atoms with van der Waals surface area (Å²) in [4.78, 5) is 21.0. The molecule has 3 aromatic rings. The Morgan fingerprint density at radius 3 is 2.80 bits per heavy atom. The third-order valence-corrected chi connectivity index (χ3v) is 5.32. The molecule has 1 amide bonds. The van der Waals surface area contributed by atoms with Crippen molar-refractivity contribution in [2.24, 2.45) is 7.05 Å². The van der Waals surface area contributed by atoms with Crippen LogP contribution in [-0.4, -0.2) is 38.7 Å². The maximum atomic E-state index is 13.2. The Hall–Kier alpha value is -2.21. The predicted octanol–water partition coefficient (Wildman–Crippen LogP) is 4.27. The molecule has 0 atom stereocenters. The van der Waals surface area contributed by atoms with E-state index in [9.17, 15) is 4.79 Å². The van der Waals surface area contributed by atoms with E-state index in [4.69, 9.17) is 4.98 Å². The summed E-state index contributed by atoms with van der Waals surface area (Å²) in [6.07, 6.45) is 2.08.